The molecule has 1 aliphatic carbocycles. The first-order valence-electron chi connectivity index (χ1n) is 7.27. The van der Waals surface area contributed by atoms with Crippen molar-refractivity contribution >= 4 is 0 Å². The van der Waals surface area contributed by atoms with Crippen molar-refractivity contribution in [1.29, 1.82) is 0 Å². The van der Waals surface area contributed by atoms with Crippen LogP contribution >= 0.6 is 0 Å². The summed E-state index contributed by atoms with van der Waals surface area (Å²) in [7, 11) is 2.16. The Bertz CT molecular complexity index is 407. The average molecular weight is 262 g/mol. The maximum Gasteiger partial charge on any atom is 0.0593 e. The van der Waals surface area contributed by atoms with Gasteiger partial charge in [-0.15, -0.1) is 0 Å². The van der Waals surface area contributed by atoms with E-state index in [2.05, 4.69) is 43.1 Å². The molecule has 106 valence electrons. The highest BCUT2D eigenvalue weighted by atomic mass is 16.5. The zero-order valence-electron chi connectivity index (χ0n) is 12.3. The molecule has 0 amide bonds. The van der Waals surface area contributed by atoms with Crippen molar-refractivity contribution in [3.8, 4) is 0 Å². The Morgan fingerprint density at radius 3 is 2.68 bits per heavy atom. The lowest BCUT2D eigenvalue weighted by atomic mass is 9.78. The lowest BCUT2D eigenvalue weighted by Gasteiger charge is -2.40. The summed E-state index contributed by atoms with van der Waals surface area (Å²) in [6, 6.07) is 9.12. The molecule has 3 heteroatoms. The fourth-order valence-corrected chi connectivity index (χ4v) is 3.08. The summed E-state index contributed by atoms with van der Waals surface area (Å²) in [5.74, 6) is 0.579. The van der Waals surface area contributed by atoms with E-state index in [1.54, 1.807) is 0 Å². The van der Waals surface area contributed by atoms with Crippen LogP contribution < -0.4 is 5.73 Å². The molecule has 0 heterocycles. The molecule has 3 nitrogen and oxygen atoms in total. The van der Waals surface area contributed by atoms with Crippen LogP contribution in [0.1, 0.15) is 43.4 Å². The maximum absolute atomic E-state index is 6.48. The Morgan fingerprint density at radius 1 is 1.32 bits per heavy atom. The molecule has 1 aromatic carbocycles. The summed E-state index contributed by atoms with van der Waals surface area (Å²) in [5.41, 5.74) is 9.21. The molecule has 3 unspecified atom stereocenters. The monoisotopic (exact) mass is 262 g/mol. The second-order valence-electron chi connectivity index (χ2n) is 5.54. The van der Waals surface area contributed by atoms with Crippen LogP contribution in [0, 0.1) is 0 Å². The van der Waals surface area contributed by atoms with E-state index in [4.69, 9.17) is 10.5 Å². The molecular formula is C16H26N2O. The van der Waals surface area contributed by atoms with E-state index in [-0.39, 0.29) is 6.04 Å². The van der Waals surface area contributed by atoms with Gasteiger partial charge in [0.1, 0.15) is 0 Å². The summed E-state index contributed by atoms with van der Waals surface area (Å²) in [4.78, 5) is 2.35. The molecule has 0 spiro atoms. The second-order valence-corrected chi connectivity index (χ2v) is 5.54. The van der Waals surface area contributed by atoms with Crippen molar-refractivity contribution in [2.75, 3.05) is 26.8 Å². The Balaban J connectivity index is 2.08. The fourth-order valence-electron chi connectivity index (χ4n) is 3.08. The van der Waals surface area contributed by atoms with Gasteiger partial charge < -0.3 is 10.5 Å². The van der Waals surface area contributed by atoms with Gasteiger partial charge in [-0.3, -0.25) is 4.90 Å². The quantitative estimate of drug-likeness (QED) is 0.829. The first kappa shape index (κ1) is 14.5. The maximum atomic E-state index is 6.48. The van der Waals surface area contributed by atoms with Crippen LogP contribution in [0.5, 0.6) is 0 Å². The Kier molecular flexibility index (Phi) is 4.97. The van der Waals surface area contributed by atoms with Crippen LogP contribution in [0.15, 0.2) is 24.3 Å². The summed E-state index contributed by atoms with van der Waals surface area (Å²) in [6.45, 7) is 6.84. The molecule has 0 fully saturated rings. The standard InChI is InChI=1S/C16H26N2O/c1-4-19-10-9-18(3)15-11-12(2)13-7-5-6-8-14(13)16(15)17/h5-8,12,15-16H,4,9-11,17H2,1-3H3. The smallest absolute Gasteiger partial charge is 0.0593 e. The third kappa shape index (κ3) is 3.16. The summed E-state index contributed by atoms with van der Waals surface area (Å²) in [6.07, 6.45) is 1.13. The predicted molar refractivity (Wildman–Crippen MR) is 79.3 cm³/mol. The van der Waals surface area contributed by atoms with Crippen LogP contribution in [-0.2, 0) is 4.74 Å². The number of likely N-dealkylation sites (N-methyl/N-ethyl adjacent to an activating group) is 1. The van der Waals surface area contributed by atoms with E-state index in [0.29, 0.717) is 12.0 Å². The molecule has 2 rings (SSSR count). The van der Waals surface area contributed by atoms with Gasteiger partial charge in [0.2, 0.25) is 0 Å². The highest BCUT2D eigenvalue weighted by molar-refractivity contribution is 5.36. The molecule has 0 aromatic heterocycles. The number of hydrogen-bond acceptors (Lipinski definition) is 3. The van der Waals surface area contributed by atoms with Gasteiger partial charge in [0.05, 0.1) is 6.61 Å². The summed E-state index contributed by atoms with van der Waals surface area (Å²) >= 11 is 0. The Hall–Kier alpha value is -0.900. The number of ether oxygens (including phenoxy) is 1. The van der Waals surface area contributed by atoms with Gasteiger partial charge in [-0.1, -0.05) is 31.2 Å². The van der Waals surface area contributed by atoms with Crippen molar-refractivity contribution in [3.63, 3.8) is 0 Å². The fraction of sp³-hybridized carbons (Fsp3) is 0.625. The summed E-state index contributed by atoms with van der Waals surface area (Å²) in [5, 5.41) is 0. The molecule has 0 aliphatic heterocycles. The molecular weight excluding hydrogens is 236 g/mol. The number of rotatable bonds is 5. The van der Waals surface area contributed by atoms with Crippen LogP contribution in [-0.4, -0.2) is 37.7 Å². The number of nitrogens with zero attached hydrogens (tertiary/aromatic N) is 1. The number of benzene rings is 1. The van der Waals surface area contributed by atoms with E-state index in [9.17, 15) is 0 Å². The van der Waals surface area contributed by atoms with Gasteiger partial charge in [0.25, 0.3) is 0 Å². The van der Waals surface area contributed by atoms with Crippen molar-refractivity contribution in [1.82, 2.24) is 4.90 Å². The number of nitrogens with two attached hydrogens (primary N) is 1. The van der Waals surface area contributed by atoms with E-state index in [0.717, 1.165) is 26.2 Å². The third-order valence-electron chi connectivity index (χ3n) is 4.25. The molecule has 0 saturated heterocycles. The topological polar surface area (TPSA) is 38.5 Å². The predicted octanol–water partition coefficient (Wildman–Crippen LogP) is 2.53. The number of fused-ring (bicyclic) bond motifs is 1. The van der Waals surface area contributed by atoms with Gasteiger partial charge in [-0.05, 0) is 37.4 Å². The van der Waals surface area contributed by atoms with Gasteiger partial charge >= 0.3 is 0 Å². The lowest BCUT2D eigenvalue weighted by Crippen LogP contribution is -2.45. The van der Waals surface area contributed by atoms with Gasteiger partial charge in [0.15, 0.2) is 0 Å². The molecule has 0 saturated carbocycles. The van der Waals surface area contributed by atoms with Crippen molar-refractivity contribution in [3.05, 3.63) is 35.4 Å². The lowest BCUT2D eigenvalue weighted by molar-refractivity contribution is 0.0943. The largest absolute Gasteiger partial charge is 0.380 e. The SMILES string of the molecule is CCOCCN(C)C1CC(C)c2ccccc2C1N. The Labute approximate surface area is 116 Å². The highest BCUT2D eigenvalue weighted by Gasteiger charge is 2.32. The number of hydrogen-bond donors (Lipinski definition) is 1. The van der Waals surface area contributed by atoms with Crippen LogP contribution in [0.2, 0.25) is 0 Å². The Morgan fingerprint density at radius 2 is 2.00 bits per heavy atom. The molecule has 0 radical (unpaired) electrons. The molecule has 19 heavy (non-hydrogen) atoms. The van der Waals surface area contributed by atoms with Gasteiger partial charge in [-0.25, -0.2) is 0 Å². The van der Waals surface area contributed by atoms with Crippen molar-refractivity contribution in [2.24, 2.45) is 5.73 Å². The molecule has 3 atom stereocenters. The zero-order chi connectivity index (χ0) is 13.8. The minimum Gasteiger partial charge on any atom is -0.380 e. The van der Waals surface area contributed by atoms with Crippen LogP contribution in [0.25, 0.3) is 0 Å². The van der Waals surface area contributed by atoms with Gasteiger partial charge in [0, 0.05) is 25.2 Å². The van der Waals surface area contributed by atoms with E-state index in [1.165, 1.54) is 11.1 Å². The molecule has 2 N–H and O–H groups in total. The zero-order valence-corrected chi connectivity index (χ0v) is 12.3. The molecule has 1 aromatic rings. The minimum absolute atomic E-state index is 0.110. The summed E-state index contributed by atoms with van der Waals surface area (Å²) < 4.78 is 5.44. The van der Waals surface area contributed by atoms with Crippen LogP contribution in [0.3, 0.4) is 0 Å². The normalized spacial score (nSPS) is 26.5. The second kappa shape index (κ2) is 6.51. The minimum atomic E-state index is 0.110. The first-order chi connectivity index (χ1) is 9.15. The van der Waals surface area contributed by atoms with Crippen molar-refractivity contribution in [2.45, 2.75) is 38.3 Å². The molecule has 1 aliphatic rings. The van der Waals surface area contributed by atoms with Gasteiger partial charge in [-0.2, -0.15) is 0 Å². The van der Waals surface area contributed by atoms with Crippen LogP contribution in [0.4, 0.5) is 0 Å². The van der Waals surface area contributed by atoms with E-state index < -0.39 is 0 Å². The van der Waals surface area contributed by atoms with E-state index in [1.807, 2.05) is 6.92 Å². The van der Waals surface area contributed by atoms with E-state index >= 15 is 0 Å². The highest BCUT2D eigenvalue weighted by Crippen LogP contribution is 2.37. The first-order valence-corrected chi connectivity index (χ1v) is 7.27. The average Bonchev–Trinajstić information content (AvgIpc) is 2.43. The molecule has 0 bridgehead atoms. The third-order valence-corrected chi connectivity index (χ3v) is 4.25. The van der Waals surface area contributed by atoms with Crippen molar-refractivity contribution < 1.29 is 4.74 Å².